The van der Waals surface area contributed by atoms with E-state index in [-0.39, 0.29) is 0 Å². The van der Waals surface area contributed by atoms with Crippen molar-refractivity contribution >= 4 is 12.3 Å². The van der Waals surface area contributed by atoms with E-state index in [1.807, 2.05) is 0 Å². The lowest BCUT2D eigenvalue weighted by atomic mass is 9.92. The van der Waals surface area contributed by atoms with Gasteiger partial charge in [-0.1, -0.05) is 38.5 Å². The summed E-state index contributed by atoms with van der Waals surface area (Å²) in [5.74, 6) is 0.115. The zero-order valence-electron chi connectivity index (χ0n) is 9.08. The van der Waals surface area contributed by atoms with Gasteiger partial charge in [-0.2, -0.15) is 0 Å². The molecule has 0 aromatic heterocycles. The molecular weight excluding hydrogens is 192 g/mol. The summed E-state index contributed by atoms with van der Waals surface area (Å²) in [7, 11) is 0. The second-order valence-corrected chi connectivity index (χ2v) is 4.33. The molecule has 3 N–H and O–H groups in total. The quantitative estimate of drug-likeness (QED) is 0.526. The van der Waals surface area contributed by atoms with Crippen molar-refractivity contribution in [2.75, 3.05) is 0 Å². The van der Waals surface area contributed by atoms with Gasteiger partial charge in [-0.05, 0) is 12.3 Å². The fraction of sp³-hybridized carbons (Fsp3) is 0.818. The van der Waals surface area contributed by atoms with Crippen molar-refractivity contribution in [1.29, 1.82) is 0 Å². The standard InChI is InChI=1S/C11H20N2O2/c12-11(15)10(13-8-14)7-9-5-3-1-2-4-6-9/h8-10H,1-7H2,(H2,12,15)(H,13,14)/t10-/m1/s1. The van der Waals surface area contributed by atoms with E-state index in [4.69, 9.17) is 5.73 Å². The average Bonchev–Trinajstić information content (AvgIpc) is 2.45. The van der Waals surface area contributed by atoms with E-state index in [2.05, 4.69) is 5.32 Å². The van der Waals surface area contributed by atoms with Gasteiger partial charge in [0.15, 0.2) is 0 Å². The summed E-state index contributed by atoms with van der Waals surface area (Å²) in [5, 5.41) is 2.49. The van der Waals surface area contributed by atoms with Crippen LogP contribution in [0.5, 0.6) is 0 Å². The summed E-state index contributed by atoms with van der Waals surface area (Å²) in [6.07, 6.45) is 8.63. The maximum Gasteiger partial charge on any atom is 0.240 e. The Morgan fingerprint density at radius 3 is 2.40 bits per heavy atom. The van der Waals surface area contributed by atoms with Crippen LogP contribution in [0.3, 0.4) is 0 Å². The van der Waals surface area contributed by atoms with Crippen LogP contribution in [0, 0.1) is 5.92 Å². The van der Waals surface area contributed by atoms with Crippen molar-refractivity contribution in [3.8, 4) is 0 Å². The van der Waals surface area contributed by atoms with Crippen LogP contribution in [0.1, 0.15) is 44.9 Å². The molecule has 1 saturated carbocycles. The van der Waals surface area contributed by atoms with Gasteiger partial charge in [-0.15, -0.1) is 0 Å². The highest BCUT2D eigenvalue weighted by atomic mass is 16.2. The van der Waals surface area contributed by atoms with Gasteiger partial charge in [-0.3, -0.25) is 9.59 Å². The van der Waals surface area contributed by atoms with Gasteiger partial charge < -0.3 is 11.1 Å². The molecule has 1 fully saturated rings. The van der Waals surface area contributed by atoms with Crippen molar-refractivity contribution in [1.82, 2.24) is 5.32 Å². The monoisotopic (exact) mass is 212 g/mol. The van der Waals surface area contributed by atoms with Crippen LogP contribution in [-0.2, 0) is 9.59 Å². The number of primary amides is 1. The summed E-state index contributed by atoms with van der Waals surface area (Å²) < 4.78 is 0. The number of nitrogens with one attached hydrogen (secondary N) is 1. The number of rotatable bonds is 5. The SMILES string of the molecule is NC(=O)[C@@H](CC1CCCCCC1)NC=O. The molecule has 4 heteroatoms. The minimum absolute atomic E-state index is 0.425. The third-order valence-electron chi connectivity index (χ3n) is 3.16. The Bertz CT molecular complexity index is 211. The third-order valence-corrected chi connectivity index (χ3v) is 3.16. The van der Waals surface area contributed by atoms with E-state index < -0.39 is 11.9 Å². The van der Waals surface area contributed by atoms with Crippen molar-refractivity contribution in [3.05, 3.63) is 0 Å². The first-order valence-electron chi connectivity index (χ1n) is 5.73. The fourth-order valence-corrected chi connectivity index (χ4v) is 2.28. The normalized spacial score (nSPS) is 20.3. The van der Waals surface area contributed by atoms with Gasteiger partial charge in [0.25, 0.3) is 0 Å². The van der Waals surface area contributed by atoms with Gasteiger partial charge in [0.05, 0.1) is 0 Å². The van der Waals surface area contributed by atoms with Crippen LogP contribution in [0.2, 0.25) is 0 Å². The van der Waals surface area contributed by atoms with Gasteiger partial charge in [0.1, 0.15) is 6.04 Å². The van der Waals surface area contributed by atoms with E-state index in [1.165, 1.54) is 25.7 Å². The Hall–Kier alpha value is -1.06. The second-order valence-electron chi connectivity index (χ2n) is 4.33. The molecule has 0 aliphatic heterocycles. The predicted octanol–water partition coefficient (Wildman–Crippen LogP) is 0.947. The average molecular weight is 212 g/mol. The molecular formula is C11H20N2O2. The van der Waals surface area contributed by atoms with E-state index in [1.54, 1.807) is 0 Å². The van der Waals surface area contributed by atoms with Crippen LogP contribution >= 0.6 is 0 Å². The molecule has 2 amide bonds. The van der Waals surface area contributed by atoms with Crippen molar-refractivity contribution in [3.63, 3.8) is 0 Å². The summed E-state index contributed by atoms with van der Waals surface area (Å²) in [5.41, 5.74) is 5.22. The molecule has 0 spiro atoms. The molecule has 1 aliphatic rings. The number of nitrogens with two attached hydrogens (primary N) is 1. The lowest BCUT2D eigenvalue weighted by Crippen LogP contribution is -2.41. The van der Waals surface area contributed by atoms with Crippen molar-refractivity contribution in [2.45, 2.75) is 51.0 Å². The van der Waals surface area contributed by atoms with Gasteiger partial charge in [0.2, 0.25) is 12.3 Å². The molecule has 0 unspecified atom stereocenters. The van der Waals surface area contributed by atoms with E-state index in [9.17, 15) is 9.59 Å². The molecule has 1 aliphatic carbocycles. The Kier molecular flexibility index (Phi) is 5.15. The number of hydrogen-bond donors (Lipinski definition) is 2. The third kappa shape index (κ3) is 4.32. The zero-order chi connectivity index (χ0) is 11.1. The maximum absolute atomic E-state index is 11.0. The summed E-state index contributed by atoms with van der Waals surface area (Å²) in [4.78, 5) is 21.4. The van der Waals surface area contributed by atoms with Crippen LogP contribution in [-0.4, -0.2) is 18.4 Å². The number of carbonyl (C=O) groups excluding carboxylic acids is 2. The Morgan fingerprint density at radius 2 is 1.93 bits per heavy atom. The number of amides is 2. The van der Waals surface area contributed by atoms with Crippen LogP contribution in [0.15, 0.2) is 0 Å². The van der Waals surface area contributed by atoms with Crippen LogP contribution in [0.25, 0.3) is 0 Å². The number of carbonyl (C=O) groups is 2. The van der Waals surface area contributed by atoms with E-state index >= 15 is 0 Å². The first-order valence-corrected chi connectivity index (χ1v) is 5.73. The smallest absolute Gasteiger partial charge is 0.240 e. The molecule has 15 heavy (non-hydrogen) atoms. The lowest BCUT2D eigenvalue weighted by molar-refractivity contribution is -0.123. The molecule has 0 radical (unpaired) electrons. The minimum atomic E-state index is -0.481. The molecule has 1 atom stereocenters. The summed E-state index contributed by atoms with van der Waals surface area (Å²) >= 11 is 0. The zero-order valence-corrected chi connectivity index (χ0v) is 9.08. The van der Waals surface area contributed by atoms with Crippen molar-refractivity contribution in [2.24, 2.45) is 11.7 Å². The molecule has 0 heterocycles. The Balaban J connectivity index is 2.40. The van der Waals surface area contributed by atoms with Crippen molar-refractivity contribution < 1.29 is 9.59 Å². The van der Waals surface area contributed by atoms with E-state index in [0.717, 1.165) is 12.8 Å². The first-order chi connectivity index (χ1) is 7.24. The minimum Gasteiger partial charge on any atom is -0.368 e. The van der Waals surface area contributed by atoms with E-state index in [0.29, 0.717) is 18.7 Å². The Morgan fingerprint density at radius 1 is 1.33 bits per heavy atom. The Labute approximate surface area is 90.6 Å². The topological polar surface area (TPSA) is 72.2 Å². The van der Waals surface area contributed by atoms with Crippen LogP contribution < -0.4 is 11.1 Å². The predicted molar refractivity (Wildman–Crippen MR) is 58.0 cm³/mol. The number of hydrogen-bond acceptors (Lipinski definition) is 2. The molecule has 0 bridgehead atoms. The molecule has 0 aromatic carbocycles. The highest BCUT2D eigenvalue weighted by molar-refractivity contribution is 5.81. The molecule has 0 aromatic rings. The maximum atomic E-state index is 11.0. The van der Waals surface area contributed by atoms with Gasteiger partial charge >= 0.3 is 0 Å². The largest absolute Gasteiger partial charge is 0.368 e. The molecule has 1 rings (SSSR count). The molecule has 0 saturated heterocycles. The van der Waals surface area contributed by atoms with Gasteiger partial charge in [0, 0.05) is 0 Å². The molecule has 4 nitrogen and oxygen atoms in total. The summed E-state index contributed by atoms with van der Waals surface area (Å²) in [6, 6.07) is -0.481. The van der Waals surface area contributed by atoms with Gasteiger partial charge in [-0.25, -0.2) is 0 Å². The second kappa shape index (κ2) is 6.43. The summed E-state index contributed by atoms with van der Waals surface area (Å²) in [6.45, 7) is 0. The lowest BCUT2D eigenvalue weighted by Gasteiger charge is -2.19. The molecule has 86 valence electrons. The highest BCUT2D eigenvalue weighted by Gasteiger charge is 2.21. The fourth-order valence-electron chi connectivity index (χ4n) is 2.28. The first kappa shape index (κ1) is 12.0. The highest BCUT2D eigenvalue weighted by Crippen LogP contribution is 2.26. The van der Waals surface area contributed by atoms with Crippen LogP contribution in [0.4, 0.5) is 0 Å².